The predicted octanol–water partition coefficient (Wildman–Crippen LogP) is 2.93. The molecule has 1 N–H and O–H groups in total. The van der Waals surface area contributed by atoms with Crippen molar-refractivity contribution in [3.8, 4) is 0 Å². The van der Waals surface area contributed by atoms with E-state index in [1.807, 2.05) is 11.8 Å². The van der Waals surface area contributed by atoms with Crippen molar-refractivity contribution < 1.29 is 9.47 Å². The number of thioether (sulfide) groups is 1. The van der Waals surface area contributed by atoms with E-state index in [0.717, 1.165) is 37.7 Å². The lowest BCUT2D eigenvalue weighted by atomic mass is 9.90. The van der Waals surface area contributed by atoms with Gasteiger partial charge in [0.15, 0.2) is 5.17 Å². The van der Waals surface area contributed by atoms with Gasteiger partial charge < -0.3 is 14.8 Å². The normalized spacial score (nSPS) is 19.2. The number of rotatable bonds is 9. The summed E-state index contributed by atoms with van der Waals surface area (Å²) >= 11 is 1.90. The van der Waals surface area contributed by atoms with E-state index in [-0.39, 0.29) is 0 Å². The third-order valence-corrected chi connectivity index (χ3v) is 4.13. The molecule has 5 heteroatoms. The number of hydrogen-bond acceptors (Lipinski definition) is 5. The summed E-state index contributed by atoms with van der Waals surface area (Å²) < 4.78 is 10.4. The van der Waals surface area contributed by atoms with Gasteiger partial charge in [0.1, 0.15) is 0 Å². The van der Waals surface area contributed by atoms with Gasteiger partial charge in [-0.2, -0.15) is 0 Å². The molecule has 1 aliphatic rings. The smallest absolute Gasteiger partial charge is 0.156 e. The van der Waals surface area contributed by atoms with Crippen LogP contribution in [0.3, 0.4) is 0 Å². The zero-order valence-corrected chi connectivity index (χ0v) is 14.2. The average Bonchev–Trinajstić information content (AvgIpc) is 2.78. The molecule has 0 saturated carbocycles. The second-order valence-corrected chi connectivity index (χ2v) is 7.68. The number of methoxy groups -OCH3 is 1. The number of ether oxygens (including phenoxy) is 2. The summed E-state index contributed by atoms with van der Waals surface area (Å²) in [6.07, 6.45) is 3.43. The lowest BCUT2D eigenvalue weighted by Gasteiger charge is -2.21. The molecule has 118 valence electrons. The van der Waals surface area contributed by atoms with Gasteiger partial charge >= 0.3 is 0 Å². The zero-order valence-electron chi connectivity index (χ0n) is 13.4. The molecule has 4 nitrogen and oxygen atoms in total. The maximum absolute atomic E-state index is 5.43. The first-order valence-corrected chi connectivity index (χ1v) is 8.41. The number of nitrogens with zero attached hydrogens (tertiary/aromatic N) is 1. The molecule has 20 heavy (non-hydrogen) atoms. The highest BCUT2D eigenvalue weighted by Gasteiger charge is 2.24. The highest BCUT2D eigenvalue weighted by atomic mass is 32.2. The summed E-state index contributed by atoms with van der Waals surface area (Å²) in [6.45, 7) is 11.0. The number of hydrogen-bond donors (Lipinski definition) is 1. The van der Waals surface area contributed by atoms with Gasteiger partial charge in [0.25, 0.3) is 0 Å². The van der Waals surface area contributed by atoms with E-state index in [1.165, 1.54) is 6.42 Å². The van der Waals surface area contributed by atoms with Gasteiger partial charge in [-0.05, 0) is 24.7 Å². The molecule has 0 amide bonds. The summed E-state index contributed by atoms with van der Waals surface area (Å²) in [7, 11) is 1.69. The lowest BCUT2D eigenvalue weighted by molar-refractivity contribution is 0.0689. The second-order valence-electron chi connectivity index (χ2n) is 6.39. The Kier molecular flexibility index (Phi) is 8.57. The van der Waals surface area contributed by atoms with Gasteiger partial charge in [-0.3, -0.25) is 4.99 Å². The largest absolute Gasteiger partial charge is 0.382 e. The highest BCUT2D eigenvalue weighted by Crippen LogP contribution is 2.31. The minimum Gasteiger partial charge on any atom is -0.382 e. The first kappa shape index (κ1) is 17.8. The van der Waals surface area contributed by atoms with Crippen LogP contribution in [0.25, 0.3) is 0 Å². The van der Waals surface area contributed by atoms with E-state index in [0.29, 0.717) is 23.9 Å². The Morgan fingerprint density at radius 3 is 2.75 bits per heavy atom. The van der Waals surface area contributed by atoms with E-state index in [2.05, 4.69) is 31.1 Å². The van der Waals surface area contributed by atoms with Gasteiger partial charge in [0.05, 0.1) is 19.8 Å². The van der Waals surface area contributed by atoms with Crippen LogP contribution in [-0.4, -0.2) is 50.4 Å². The third kappa shape index (κ3) is 8.82. The summed E-state index contributed by atoms with van der Waals surface area (Å²) in [6, 6.07) is 0. The third-order valence-electron chi connectivity index (χ3n) is 2.98. The van der Waals surface area contributed by atoms with Gasteiger partial charge in [0.2, 0.25) is 0 Å². The quantitative estimate of drug-likeness (QED) is 0.665. The van der Waals surface area contributed by atoms with Gasteiger partial charge in [0, 0.05) is 25.5 Å². The number of nitrogens with one attached hydrogen (secondary N) is 1. The highest BCUT2D eigenvalue weighted by molar-refractivity contribution is 8.14. The predicted molar refractivity (Wildman–Crippen MR) is 87.7 cm³/mol. The minimum absolute atomic E-state index is 0.391. The Hall–Kier alpha value is -0.260. The Labute approximate surface area is 128 Å². The van der Waals surface area contributed by atoms with Crippen molar-refractivity contribution in [2.75, 3.05) is 40.0 Å². The molecule has 0 aromatic rings. The van der Waals surface area contributed by atoms with E-state index < -0.39 is 0 Å². The molecule has 0 spiro atoms. The molecular weight excluding hydrogens is 272 g/mol. The van der Waals surface area contributed by atoms with Crippen molar-refractivity contribution in [3.05, 3.63) is 0 Å². The Bertz CT molecular complexity index is 290. The van der Waals surface area contributed by atoms with Crippen molar-refractivity contribution in [3.63, 3.8) is 0 Å². The summed E-state index contributed by atoms with van der Waals surface area (Å²) in [5.41, 5.74) is 0.391. The van der Waals surface area contributed by atoms with E-state index >= 15 is 0 Å². The van der Waals surface area contributed by atoms with Crippen molar-refractivity contribution in [1.29, 1.82) is 0 Å². The molecule has 0 aliphatic carbocycles. The van der Waals surface area contributed by atoms with Crippen LogP contribution in [-0.2, 0) is 9.47 Å². The van der Waals surface area contributed by atoms with E-state index in [1.54, 1.807) is 7.11 Å². The van der Waals surface area contributed by atoms with Crippen LogP contribution in [0.15, 0.2) is 4.99 Å². The fourth-order valence-corrected chi connectivity index (χ4v) is 3.46. The molecule has 1 heterocycles. The second kappa shape index (κ2) is 9.64. The molecule has 1 atom stereocenters. The Balaban J connectivity index is 1.96. The molecular formula is C15H30N2O2S. The molecule has 1 aliphatic heterocycles. The fourth-order valence-electron chi connectivity index (χ4n) is 2.07. The maximum Gasteiger partial charge on any atom is 0.156 e. The Morgan fingerprint density at radius 2 is 2.05 bits per heavy atom. The van der Waals surface area contributed by atoms with Crippen LogP contribution in [0, 0.1) is 5.41 Å². The van der Waals surface area contributed by atoms with Crippen LogP contribution in [0.4, 0.5) is 0 Å². The maximum atomic E-state index is 5.43. The number of unbranched alkanes of at least 4 members (excludes halogenated alkanes) is 1. The fraction of sp³-hybridized carbons (Fsp3) is 0.933. The summed E-state index contributed by atoms with van der Waals surface area (Å²) in [4.78, 5) is 4.58. The first-order chi connectivity index (χ1) is 9.51. The molecule has 0 radical (unpaired) electrons. The van der Waals surface area contributed by atoms with Crippen LogP contribution in [0.1, 0.15) is 40.0 Å². The monoisotopic (exact) mass is 302 g/mol. The van der Waals surface area contributed by atoms with Crippen molar-refractivity contribution in [2.45, 2.75) is 45.3 Å². The molecule has 0 fully saturated rings. The number of aliphatic imine (C=N–C) groups is 1. The number of amidine groups is 1. The van der Waals surface area contributed by atoms with Gasteiger partial charge in [-0.1, -0.05) is 32.5 Å². The topological polar surface area (TPSA) is 42.9 Å². The van der Waals surface area contributed by atoms with Crippen LogP contribution < -0.4 is 5.32 Å². The minimum atomic E-state index is 0.391. The Morgan fingerprint density at radius 1 is 1.25 bits per heavy atom. The average molecular weight is 302 g/mol. The van der Waals surface area contributed by atoms with Crippen LogP contribution in [0.5, 0.6) is 0 Å². The van der Waals surface area contributed by atoms with Gasteiger partial charge in [-0.15, -0.1) is 0 Å². The van der Waals surface area contributed by atoms with Crippen LogP contribution >= 0.6 is 11.8 Å². The summed E-state index contributed by atoms with van der Waals surface area (Å²) in [5, 5.41) is 5.20. The SMILES string of the molecule is COCCOCCCCNC1=NCC(CC(C)(C)C)S1. The lowest BCUT2D eigenvalue weighted by Crippen LogP contribution is -2.22. The molecule has 0 bridgehead atoms. The molecule has 0 aromatic carbocycles. The summed E-state index contributed by atoms with van der Waals surface area (Å²) in [5.74, 6) is 0. The van der Waals surface area contributed by atoms with Crippen molar-refractivity contribution in [2.24, 2.45) is 10.4 Å². The first-order valence-electron chi connectivity index (χ1n) is 7.53. The van der Waals surface area contributed by atoms with Gasteiger partial charge in [-0.25, -0.2) is 0 Å². The molecule has 1 rings (SSSR count). The molecule has 0 aromatic heterocycles. The molecule has 1 unspecified atom stereocenters. The zero-order chi connectivity index (χ0) is 14.8. The van der Waals surface area contributed by atoms with Crippen molar-refractivity contribution >= 4 is 16.9 Å². The van der Waals surface area contributed by atoms with Crippen molar-refractivity contribution in [1.82, 2.24) is 5.32 Å². The molecule has 0 saturated heterocycles. The van der Waals surface area contributed by atoms with E-state index in [4.69, 9.17) is 9.47 Å². The standard InChI is InChI=1S/C15H30N2O2S/c1-15(2,3)11-13-12-17-14(20-13)16-7-5-6-8-19-10-9-18-4/h13H,5-12H2,1-4H3,(H,16,17). The van der Waals surface area contributed by atoms with Crippen LogP contribution in [0.2, 0.25) is 0 Å². The van der Waals surface area contributed by atoms with E-state index in [9.17, 15) is 0 Å².